The first-order valence-corrected chi connectivity index (χ1v) is 12.0. The van der Waals surface area contributed by atoms with Crippen LogP contribution in [0.5, 0.6) is 0 Å². The maximum absolute atomic E-state index is 9.23. The molecule has 4 heteroatoms. The smallest absolute Gasteiger partial charge is 0.267 e. The van der Waals surface area contributed by atoms with Gasteiger partial charge < -0.3 is 4.31 Å². The van der Waals surface area contributed by atoms with Gasteiger partial charge in [0.2, 0.25) is 0 Å². The van der Waals surface area contributed by atoms with Crippen LogP contribution in [0.4, 0.5) is 5.69 Å². The van der Waals surface area contributed by atoms with E-state index in [1.807, 2.05) is 0 Å². The Morgan fingerprint density at radius 1 is 1.21 bits per heavy atom. The molecule has 1 saturated heterocycles. The van der Waals surface area contributed by atoms with Crippen LogP contribution >= 0.6 is 10.7 Å². The van der Waals surface area contributed by atoms with Gasteiger partial charge in [-0.15, -0.1) is 0 Å². The van der Waals surface area contributed by atoms with E-state index in [1.54, 1.807) is 0 Å². The minimum Gasteiger partial charge on any atom is -0.318 e. The number of benzene rings is 2. The number of hydrogen-bond donors (Lipinski definition) is 0. The Kier molecular flexibility index (Phi) is 7.39. The van der Waals surface area contributed by atoms with Crippen molar-refractivity contribution in [3.63, 3.8) is 0 Å². The molecule has 0 spiro atoms. The Balaban J connectivity index is 1.83. The van der Waals surface area contributed by atoms with Crippen LogP contribution in [0.1, 0.15) is 42.9 Å². The number of allylic oxidation sites excluding steroid dienone is 1. The lowest BCUT2D eigenvalue weighted by Gasteiger charge is -2.35. The molecule has 0 saturated carbocycles. The van der Waals surface area contributed by atoms with E-state index in [2.05, 4.69) is 85.1 Å². The molecule has 2 aromatic rings. The summed E-state index contributed by atoms with van der Waals surface area (Å²) in [7, 11) is -0.130. The van der Waals surface area contributed by atoms with Crippen molar-refractivity contribution in [1.82, 2.24) is 0 Å². The Morgan fingerprint density at radius 3 is 2.48 bits per heavy atom. The molecule has 3 rings (SSSR count). The van der Waals surface area contributed by atoms with Gasteiger partial charge in [-0.25, -0.2) is 5.26 Å². The fourth-order valence-electron chi connectivity index (χ4n) is 3.95. The molecule has 1 aliphatic heterocycles. The summed E-state index contributed by atoms with van der Waals surface area (Å²) in [5.74, 6) is 7.08. The number of anilines is 1. The zero-order chi connectivity index (χ0) is 20.8. The molecule has 1 aliphatic rings. The monoisotopic (exact) mass is 402 g/mol. The summed E-state index contributed by atoms with van der Waals surface area (Å²) in [6, 6.07) is 17.6. The van der Waals surface area contributed by atoms with Gasteiger partial charge in [0.05, 0.1) is 6.54 Å². The normalized spacial score (nSPS) is 15.6. The molecule has 1 heterocycles. The van der Waals surface area contributed by atoms with Crippen molar-refractivity contribution in [2.24, 2.45) is 0 Å². The molecule has 0 N–H and O–H groups in total. The van der Waals surface area contributed by atoms with Crippen LogP contribution in [0.3, 0.4) is 0 Å². The number of nitriles is 1. The van der Waals surface area contributed by atoms with Crippen LogP contribution in [0.25, 0.3) is 5.57 Å². The first-order chi connectivity index (χ1) is 14.0. The molecule has 150 valence electrons. The fraction of sp³-hybridized carbons (Fsp3) is 0.360. The SMILES string of the molecule is C=C(CC)c1ccc(CN(c2cccc(C)c2)S(=C)C2CCB(C#N)CC2)cc1. The number of nitrogens with zero attached hydrogens (tertiary/aromatic N) is 2. The third-order valence-corrected chi connectivity index (χ3v) is 8.08. The second kappa shape index (κ2) is 9.99. The summed E-state index contributed by atoms with van der Waals surface area (Å²) in [5, 5.41) is 9.78. The van der Waals surface area contributed by atoms with Crippen LogP contribution in [-0.4, -0.2) is 17.8 Å². The molecular formula is C25H31BN2S. The number of rotatable bonds is 7. The maximum Gasteiger partial charge on any atom is 0.267 e. The number of hydrogen-bond acceptors (Lipinski definition) is 2. The lowest BCUT2D eigenvalue weighted by atomic mass is 9.43. The summed E-state index contributed by atoms with van der Waals surface area (Å²) >= 11 is 0. The van der Waals surface area contributed by atoms with E-state index in [-0.39, 0.29) is 17.4 Å². The van der Waals surface area contributed by atoms with Gasteiger partial charge in [-0.2, -0.15) is 0 Å². The zero-order valence-corrected chi connectivity index (χ0v) is 18.5. The first kappa shape index (κ1) is 21.5. The first-order valence-electron chi connectivity index (χ1n) is 10.6. The standard InChI is InChI=1S/C25H31BN2S/c1-5-21(3)23-11-9-22(10-12-23)18-28(24-8-6-7-20(2)17-24)29(4)25-13-15-26(19-27)16-14-25/h6-12,17,25H,3-5,13-16,18H2,1-2H3. The average molecular weight is 402 g/mol. The highest BCUT2D eigenvalue weighted by Crippen LogP contribution is 2.39. The Morgan fingerprint density at radius 2 is 1.90 bits per heavy atom. The van der Waals surface area contributed by atoms with E-state index in [0.29, 0.717) is 5.25 Å². The van der Waals surface area contributed by atoms with E-state index in [1.165, 1.54) is 28.0 Å². The number of aryl methyl sites for hydroxylation is 1. The Bertz CT molecular complexity index is 905. The predicted molar refractivity (Wildman–Crippen MR) is 132 cm³/mol. The maximum atomic E-state index is 9.23. The molecule has 0 aromatic heterocycles. The molecule has 1 atom stereocenters. The summed E-state index contributed by atoms with van der Waals surface area (Å²) in [6.45, 7) is 9.53. The summed E-state index contributed by atoms with van der Waals surface area (Å²) in [5.41, 5.74) is 6.21. The van der Waals surface area contributed by atoms with E-state index in [9.17, 15) is 5.26 Å². The Hall–Kier alpha value is -2.25. The van der Waals surface area contributed by atoms with Gasteiger partial charge in [-0.05, 0) is 60.6 Å². The van der Waals surface area contributed by atoms with Crippen LogP contribution in [-0.2, 0) is 6.54 Å². The third-order valence-electron chi connectivity index (χ3n) is 5.93. The van der Waals surface area contributed by atoms with Crippen LogP contribution in [0.2, 0.25) is 12.6 Å². The predicted octanol–water partition coefficient (Wildman–Crippen LogP) is 6.76. The molecule has 0 bridgehead atoms. The van der Waals surface area contributed by atoms with Crippen molar-refractivity contribution in [2.45, 2.75) is 57.5 Å². The van der Waals surface area contributed by atoms with E-state index >= 15 is 0 Å². The van der Waals surface area contributed by atoms with E-state index in [4.69, 9.17) is 0 Å². The average Bonchev–Trinajstić information content (AvgIpc) is 2.77. The second-order valence-corrected chi connectivity index (χ2v) is 9.94. The van der Waals surface area contributed by atoms with Gasteiger partial charge in [0.25, 0.3) is 6.71 Å². The van der Waals surface area contributed by atoms with Crippen molar-refractivity contribution in [3.05, 3.63) is 71.8 Å². The van der Waals surface area contributed by atoms with Crippen LogP contribution in [0.15, 0.2) is 55.1 Å². The van der Waals surface area contributed by atoms with Gasteiger partial charge >= 0.3 is 0 Å². The molecule has 1 unspecified atom stereocenters. The van der Waals surface area contributed by atoms with E-state index < -0.39 is 0 Å². The van der Waals surface area contributed by atoms with Crippen molar-refractivity contribution in [2.75, 3.05) is 4.31 Å². The van der Waals surface area contributed by atoms with Gasteiger partial charge in [-0.1, -0.05) is 79.1 Å². The van der Waals surface area contributed by atoms with Crippen molar-refractivity contribution in [1.29, 1.82) is 5.26 Å². The van der Waals surface area contributed by atoms with Gasteiger partial charge in [0, 0.05) is 16.9 Å². The molecule has 0 radical (unpaired) electrons. The molecule has 0 amide bonds. The summed E-state index contributed by atoms with van der Waals surface area (Å²) < 4.78 is 2.48. The highest BCUT2D eigenvalue weighted by Gasteiger charge is 2.28. The lowest BCUT2D eigenvalue weighted by molar-refractivity contribution is 0.743. The van der Waals surface area contributed by atoms with Crippen molar-refractivity contribution in [3.8, 4) is 5.97 Å². The Labute approximate surface area is 179 Å². The van der Waals surface area contributed by atoms with Gasteiger partial charge in [0.15, 0.2) is 0 Å². The molecule has 0 aliphatic carbocycles. The van der Waals surface area contributed by atoms with Gasteiger partial charge in [0.1, 0.15) is 0 Å². The zero-order valence-electron chi connectivity index (χ0n) is 17.7. The third kappa shape index (κ3) is 5.43. The van der Waals surface area contributed by atoms with Crippen molar-refractivity contribution < 1.29 is 0 Å². The van der Waals surface area contributed by atoms with Crippen LogP contribution < -0.4 is 4.31 Å². The molecule has 29 heavy (non-hydrogen) atoms. The van der Waals surface area contributed by atoms with E-state index in [0.717, 1.165) is 38.4 Å². The highest BCUT2D eigenvalue weighted by atomic mass is 32.2. The lowest BCUT2D eigenvalue weighted by Crippen LogP contribution is -2.28. The molecule has 2 nitrogen and oxygen atoms in total. The molecular weight excluding hydrogens is 371 g/mol. The topological polar surface area (TPSA) is 27.0 Å². The largest absolute Gasteiger partial charge is 0.318 e. The second-order valence-electron chi connectivity index (χ2n) is 8.03. The summed E-state index contributed by atoms with van der Waals surface area (Å²) in [4.78, 5) is 0. The molecule has 2 aromatic carbocycles. The quantitative estimate of drug-likeness (QED) is 0.378. The molecule has 1 fully saturated rings. The van der Waals surface area contributed by atoms with Gasteiger partial charge in [-0.3, -0.25) is 0 Å². The minimum atomic E-state index is -0.130. The van der Waals surface area contributed by atoms with Crippen LogP contribution in [0, 0.1) is 18.2 Å². The summed E-state index contributed by atoms with van der Waals surface area (Å²) in [6.07, 6.45) is 5.19. The fourth-order valence-corrected chi connectivity index (χ4v) is 5.83. The minimum absolute atomic E-state index is 0.130. The highest BCUT2D eigenvalue weighted by molar-refractivity contribution is 8.15. The van der Waals surface area contributed by atoms with Crippen molar-refractivity contribution >= 4 is 34.5 Å².